The molecule has 0 aromatic heterocycles. The summed E-state index contributed by atoms with van der Waals surface area (Å²) in [5.41, 5.74) is 2.55. The fraction of sp³-hybridized carbons (Fsp3) is 0.300. The van der Waals surface area contributed by atoms with Crippen molar-refractivity contribution in [3.05, 3.63) is 54.1 Å². The van der Waals surface area contributed by atoms with Crippen LogP contribution in [-0.4, -0.2) is 44.0 Å². The van der Waals surface area contributed by atoms with Crippen LogP contribution in [0.25, 0.3) is 0 Å². The number of nitrogens with zero attached hydrogens (tertiary/aromatic N) is 1. The lowest BCUT2D eigenvalue weighted by molar-refractivity contribution is -0.119. The molecule has 0 spiro atoms. The second-order valence-corrected chi connectivity index (χ2v) is 6.01. The van der Waals surface area contributed by atoms with Crippen molar-refractivity contribution in [2.24, 2.45) is 0 Å². The highest BCUT2D eigenvalue weighted by Gasteiger charge is 2.12. The molecule has 0 bridgehead atoms. The molecule has 0 aliphatic heterocycles. The Kier molecular flexibility index (Phi) is 7.17. The summed E-state index contributed by atoms with van der Waals surface area (Å²) in [5.74, 6) is 0.329. The Hall–Kier alpha value is -2.86. The van der Waals surface area contributed by atoms with Crippen LogP contribution in [-0.2, 0) is 16.0 Å². The number of aryl methyl sites for hydroxylation is 1. The van der Waals surface area contributed by atoms with E-state index >= 15 is 0 Å². The molecule has 2 amide bonds. The molecule has 0 heterocycles. The predicted octanol–water partition coefficient (Wildman–Crippen LogP) is 2.77. The summed E-state index contributed by atoms with van der Waals surface area (Å²) >= 11 is 0. The molecular formula is C20H25N3O3. The van der Waals surface area contributed by atoms with Crippen LogP contribution in [0.5, 0.6) is 5.75 Å². The number of methoxy groups -OCH3 is 1. The van der Waals surface area contributed by atoms with Crippen LogP contribution in [0.3, 0.4) is 0 Å². The quantitative estimate of drug-likeness (QED) is 0.764. The summed E-state index contributed by atoms with van der Waals surface area (Å²) in [6, 6.07) is 14.8. The van der Waals surface area contributed by atoms with Gasteiger partial charge in [0.2, 0.25) is 11.8 Å². The van der Waals surface area contributed by atoms with Gasteiger partial charge in [0.05, 0.1) is 20.2 Å². The average molecular weight is 355 g/mol. The molecule has 0 saturated carbocycles. The van der Waals surface area contributed by atoms with Gasteiger partial charge in [-0.2, -0.15) is 0 Å². The zero-order chi connectivity index (χ0) is 18.9. The number of hydrogen-bond acceptors (Lipinski definition) is 4. The second-order valence-electron chi connectivity index (χ2n) is 6.01. The lowest BCUT2D eigenvalue weighted by Gasteiger charge is -2.17. The van der Waals surface area contributed by atoms with Gasteiger partial charge >= 0.3 is 0 Å². The Morgan fingerprint density at radius 3 is 2.38 bits per heavy atom. The number of nitrogens with one attached hydrogen (secondary N) is 2. The molecule has 26 heavy (non-hydrogen) atoms. The van der Waals surface area contributed by atoms with Crippen molar-refractivity contribution in [1.82, 2.24) is 4.90 Å². The molecule has 0 fully saturated rings. The first-order chi connectivity index (χ1) is 12.5. The van der Waals surface area contributed by atoms with Crippen LogP contribution in [0.15, 0.2) is 48.5 Å². The van der Waals surface area contributed by atoms with Gasteiger partial charge in [0.1, 0.15) is 5.75 Å². The van der Waals surface area contributed by atoms with Gasteiger partial charge in [-0.3, -0.25) is 14.5 Å². The summed E-state index contributed by atoms with van der Waals surface area (Å²) in [6.45, 7) is 2.28. The molecule has 2 aromatic rings. The highest BCUT2D eigenvalue weighted by molar-refractivity contribution is 5.95. The molecule has 0 radical (unpaired) electrons. The van der Waals surface area contributed by atoms with Gasteiger partial charge < -0.3 is 15.4 Å². The lowest BCUT2D eigenvalue weighted by Crippen LogP contribution is -2.36. The average Bonchev–Trinajstić information content (AvgIpc) is 2.61. The number of likely N-dealkylation sites (N-methyl/N-ethyl adjacent to an activating group) is 1. The number of hydrogen-bond donors (Lipinski definition) is 2. The zero-order valence-electron chi connectivity index (χ0n) is 15.4. The first-order valence-corrected chi connectivity index (χ1v) is 8.52. The highest BCUT2D eigenvalue weighted by atomic mass is 16.5. The molecule has 0 aliphatic carbocycles. The van der Waals surface area contributed by atoms with Gasteiger partial charge in [-0.25, -0.2) is 0 Å². The Balaban J connectivity index is 1.84. The Bertz CT molecular complexity index is 761. The van der Waals surface area contributed by atoms with E-state index in [0.717, 1.165) is 17.7 Å². The minimum atomic E-state index is -0.192. The smallest absolute Gasteiger partial charge is 0.238 e. The number of amides is 2. The van der Waals surface area contributed by atoms with Crippen molar-refractivity contribution in [2.75, 3.05) is 37.9 Å². The molecule has 6 nitrogen and oxygen atoms in total. The van der Waals surface area contributed by atoms with E-state index in [1.165, 1.54) is 0 Å². The monoisotopic (exact) mass is 355 g/mol. The van der Waals surface area contributed by atoms with E-state index in [0.29, 0.717) is 11.4 Å². The molecule has 2 N–H and O–H groups in total. The van der Waals surface area contributed by atoms with Crippen molar-refractivity contribution in [1.29, 1.82) is 0 Å². The van der Waals surface area contributed by atoms with E-state index in [9.17, 15) is 9.59 Å². The third-order valence-corrected chi connectivity index (χ3v) is 3.85. The lowest BCUT2D eigenvalue weighted by atomic mass is 10.1. The number of rotatable bonds is 8. The SMILES string of the molecule is CCc1ccccc1NC(=O)CN(C)CC(=O)Nc1cccc(OC)c1. The number of benzene rings is 2. The third-order valence-electron chi connectivity index (χ3n) is 3.85. The van der Waals surface area contributed by atoms with Crippen molar-refractivity contribution >= 4 is 23.2 Å². The Morgan fingerprint density at radius 2 is 1.69 bits per heavy atom. The van der Waals surface area contributed by atoms with Crippen molar-refractivity contribution < 1.29 is 14.3 Å². The standard InChI is InChI=1S/C20H25N3O3/c1-4-15-8-5-6-11-18(15)22-20(25)14-23(2)13-19(24)21-16-9-7-10-17(12-16)26-3/h5-12H,4,13-14H2,1-3H3,(H,21,24)(H,22,25). The topological polar surface area (TPSA) is 70.7 Å². The van der Waals surface area contributed by atoms with Crippen LogP contribution < -0.4 is 15.4 Å². The van der Waals surface area contributed by atoms with Crippen molar-refractivity contribution in [2.45, 2.75) is 13.3 Å². The van der Waals surface area contributed by atoms with E-state index in [1.807, 2.05) is 31.2 Å². The number of ether oxygens (including phenoxy) is 1. The first-order valence-electron chi connectivity index (χ1n) is 8.52. The molecule has 0 unspecified atom stereocenters. The molecular weight excluding hydrogens is 330 g/mol. The van der Waals surface area contributed by atoms with Crippen LogP contribution in [0.1, 0.15) is 12.5 Å². The van der Waals surface area contributed by atoms with E-state index in [4.69, 9.17) is 4.74 Å². The number of carbonyl (C=O) groups is 2. The van der Waals surface area contributed by atoms with Crippen LogP contribution >= 0.6 is 0 Å². The van der Waals surface area contributed by atoms with Crippen LogP contribution in [0.4, 0.5) is 11.4 Å². The van der Waals surface area contributed by atoms with Crippen molar-refractivity contribution in [3.63, 3.8) is 0 Å². The molecule has 2 aromatic carbocycles. The van der Waals surface area contributed by atoms with Gasteiger partial charge in [0.25, 0.3) is 0 Å². The van der Waals surface area contributed by atoms with Gasteiger partial charge in [-0.1, -0.05) is 31.2 Å². The van der Waals surface area contributed by atoms with E-state index < -0.39 is 0 Å². The fourth-order valence-electron chi connectivity index (χ4n) is 2.59. The van der Waals surface area contributed by atoms with Crippen LogP contribution in [0.2, 0.25) is 0 Å². The Morgan fingerprint density at radius 1 is 1.00 bits per heavy atom. The molecule has 0 saturated heterocycles. The minimum Gasteiger partial charge on any atom is -0.497 e. The van der Waals surface area contributed by atoms with Gasteiger partial charge in [0.15, 0.2) is 0 Å². The minimum absolute atomic E-state index is 0.111. The maximum atomic E-state index is 12.2. The Labute approximate surface area is 154 Å². The second kappa shape index (κ2) is 9.58. The summed E-state index contributed by atoms with van der Waals surface area (Å²) in [7, 11) is 3.31. The number of para-hydroxylation sites is 1. The van der Waals surface area contributed by atoms with Crippen molar-refractivity contribution in [3.8, 4) is 5.75 Å². The highest BCUT2D eigenvalue weighted by Crippen LogP contribution is 2.17. The molecule has 6 heteroatoms. The first kappa shape index (κ1) is 19.5. The number of anilines is 2. The molecule has 0 aliphatic rings. The van der Waals surface area contributed by atoms with E-state index in [-0.39, 0.29) is 24.9 Å². The molecule has 0 atom stereocenters. The largest absolute Gasteiger partial charge is 0.497 e. The van der Waals surface area contributed by atoms with E-state index in [1.54, 1.807) is 43.3 Å². The fourth-order valence-corrected chi connectivity index (χ4v) is 2.59. The molecule has 2 rings (SSSR count). The van der Waals surface area contributed by atoms with E-state index in [2.05, 4.69) is 10.6 Å². The third kappa shape index (κ3) is 5.89. The summed E-state index contributed by atoms with van der Waals surface area (Å²) in [6.07, 6.45) is 0.842. The number of carbonyl (C=O) groups excluding carboxylic acids is 2. The zero-order valence-corrected chi connectivity index (χ0v) is 15.4. The maximum absolute atomic E-state index is 12.2. The molecule has 138 valence electrons. The van der Waals surface area contributed by atoms with Gasteiger partial charge in [-0.05, 0) is 37.2 Å². The van der Waals surface area contributed by atoms with Gasteiger partial charge in [-0.15, -0.1) is 0 Å². The summed E-state index contributed by atoms with van der Waals surface area (Å²) in [5, 5.41) is 5.70. The summed E-state index contributed by atoms with van der Waals surface area (Å²) in [4.78, 5) is 26.0. The maximum Gasteiger partial charge on any atom is 0.238 e. The summed E-state index contributed by atoms with van der Waals surface area (Å²) < 4.78 is 5.13. The predicted molar refractivity (Wildman–Crippen MR) is 104 cm³/mol. The van der Waals surface area contributed by atoms with Gasteiger partial charge in [0, 0.05) is 17.4 Å². The normalized spacial score (nSPS) is 10.5. The van der Waals surface area contributed by atoms with Crippen LogP contribution in [0, 0.1) is 0 Å².